The maximum absolute atomic E-state index is 15.5. The van der Waals surface area contributed by atoms with Crippen molar-refractivity contribution in [2.75, 3.05) is 5.32 Å². The number of aromatic nitrogens is 4. The van der Waals surface area contributed by atoms with Gasteiger partial charge in [-0.1, -0.05) is 18.5 Å². The van der Waals surface area contributed by atoms with E-state index >= 15 is 4.39 Å². The van der Waals surface area contributed by atoms with Gasteiger partial charge in [0.25, 0.3) is 0 Å². The monoisotopic (exact) mass is 525 g/mol. The molecule has 1 amide bonds. The maximum Gasteiger partial charge on any atom is 0.449 e. The summed E-state index contributed by atoms with van der Waals surface area (Å²) in [5.41, 5.74) is 1.16. The van der Waals surface area contributed by atoms with Crippen LogP contribution in [0.3, 0.4) is 0 Å². The number of Topliss-reactive ketones (excluding diaryl/α,β-unsaturated/α-hetero) is 1. The highest BCUT2D eigenvalue weighted by Crippen LogP contribution is 2.43. The van der Waals surface area contributed by atoms with Crippen LogP contribution in [0.15, 0.2) is 30.6 Å². The number of hydrogen-bond acceptors (Lipinski definition) is 4. The normalized spacial score (nSPS) is 18.5. The molecule has 1 aliphatic carbocycles. The van der Waals surface area contributed by atoms with Crippen LogP contribution in [0.2, 0.25) is 5.02 Å². The van der Waals surface area contributed by atoms with Gasteiger partial charge >= 0.3 is 6.18 Å². The summed E-state index contributed by atoms with van der Waals surface area (Å²) in [7, 11) is 0. The van der Waals surface area contributed by atoms with Gasteiger partial charge in [0.05, 0.1) is 28.2 Å². The molecule has 5 rings (SSSR count). The Morgan fingerprint density at radius 3 is 2.72 bits per heavy atom. The van der Waals surface area contributed by atoms with Crippen LogP contribution in [-0.4, -0.2) is 43.8 Å². The van der Waals surface area contributed by atoms with Gasteiger partial charge < -0.3 is 5.32 Å². The van der Waals surface area contributed by atoms with Crippen LogP contribution in [0.1, 0.15) is 31.2 Å². The van der Waals surface area contributed by atoms with Gasteiger partial charge in [0.1, 0.15) is 12.0 Å². The molecule has 1 fully saturated rings. The van der Waals surface area contributed by atoms with Crippen LogP contribution < -0.4 is 5.32 Å². The molecule has 0 radical (unpaired) electrons. The molecular formula is C23H17ClF5N5O2. The van der Waals surface area contributed by atoms with Gasteiger partial charge in [-0.2, -0.15) is 23.4 Å². The van der Waals surface area contributed by atoms with Crippen molar-refractivity contribution in [2.24, 2.45) is 5.92 Å². The van der Waals surface area contributed by atoms with Crippen molar-refractivity contribution in [1.82, 2.24) is 19.8 Å². The number of rotatable bonds is 6. The molecule has 7 nitrogen and oxygen atoms in total. The zero-order valence-electron chi connectivity index (χ0n) is 18.5. The third kappa shape index (κ3) is 4.19. The van der Waals surface area contributed by atoms with Crippen LogP contribution in [0.4, 0.5) is 27.8 Å². The number of nitrogens with one attached hydrogen (secondary N) is 2. The van der Waals surface area contributed by atoms with Crippen molar-refractivity contribution in [3.63, 3.8) is 0 Å². The van der Waals surface area contributed by atoms with Crippen molar-refractivity contribution in [3.05, 3.63) is 47.0 Å². The molecule has 0 aliphatic heterocycles. The number of fused-ring (bicyclic) bond motifs is 2. The predicted molar refractivity (Wildman–Crippen MR) is 121 cm³/mol. The maximum atomic E-state index is 15.5. The summed E-state index contributed by atoms with van der Waals surface area (Å²) >= 11 is 6.38. The fourth-order valence-corrected chi connectivity index (χ4v) is 4.56. The molecule has 3 atom stereocenters. The number of benzene rings is 1. The number of halogens is 6. The highest BCUT2D eigenvalue weighted by molar-refractivity contribution is 6.35. The molecule has 0 bridgehead atoms. The molecule has 3 heterocycles. The highest BCUT2D eigenvalue weighted by Gasteiger charge is 2.44. The lowest BCUT2D eigenvalue weighted by Gasteiger charge is -2.18. The summed E-state index contributed by atoms with van der Waals surface area (Å²) in [6.45, 7) is 1.30. The van der Waals surface area contributed by atoms with Crippen LogP contribution in [0, 0.1) is 11.7 Å². The van der Waals surface area contributed by atoms with Gasteiger partial charge in [-0.25, -0.2) is 13.3 Å². The first-order valence-electron chi connectivity index (χ1n) is 10.8. The molecule has 36 heavy (non-hydrogen) atoms. The summed E-state index contributed by atoms with van der Waals surface area (Å²) in [5, 5.41) is 13.3. The predicted octanol–water partition coefficient (Wildman–Crippen LogP) is 5.59. The van der Waals surface area contributed by atoms with Crippen molar-refractivity contribution in [1.29, 1.82) is 0 Å². The summed E-state index contributed by atoms with van der Waals surface area (Å²) in [5.74, 6) is -5.01. The molecule has 1 aromatic carbocycles. The van der Waals surface area contributed by atoms with Gasteiger partial charge in [0, 0.05) is 35.2 Å². The molecule has 2 N–H and O–H groups in total. The minimum Gasteiger partial charge on any atom is -0.309 e. The van der Waals surface area contributed by atoms with Crippen LogP contribution >= 0.6 is 11.6 Å². The number of aromatic amines is 1. The molecule has 13 heteroatoms. The van der Waals surface area contributed by atoms with Crippen molar-refractivity contribution in [3.8, 4) is 11.1 Å². The van der Waals surface area contributed by atoms with E-state index in [4.69, 9.17) is 11.6 Å². The second kappa shape index (κ2) is 8.54. The molecule has 1 saturated carbocycles. The first kappa shape index (κ1) is 24.2. The Balaban J connectivity index is 1.53. The second-order valence-corrected chi connectivity index (χ2v) is 9.14. The van der Waals surface area contributed by atoms with Crippen LogP contribution in [-0.2, 0) is 9.59 Å². The number of carbonyl (C=O) groups excluding carboxylic acids is 2. The van der Waals surface area contributed by atoms with Crippen LogP contribution in [0.25, 0.3) is 27.5 Å². The lowest BCUT2D eigenvalue weighted by Crippen LogP contribution is -2.24. The number of alkyl halides is 4. The summed E-state index contributed by atoms with van der Waals surface area (Å²) < 4.78 is 68.3. The van der Waals surface area contributed by atoms with Gasteiger partial charge in [-0.15, -0.1) is 0 Å². The fourth-order valence-electron chi connectivity index (χ4n) is 4.24. The van der Waals surface area contributed by atoms with E-state index in [0.717, 1.165) is 0 Å². The fraction of sp³-hybridized carbons (Fsp3) is 0.304. The molecule has 0 saturated heterocycles. The van der Waals surface area contributed by atoms with E-state index < -0.39 is 48.1 Å². The first-order chi connectivity index (χ1) is 17.0. The smallest absolute Gasteiger partial charge is 0.309 e. The van der Waals surface area contributed by atoms with Crippen LogP contribution in [0.5, 0.6) is 0 Å². The van der Waals surface area contributed by atoms with Crippen molar-refractivity contribution in [2.45, 2.75) is 38.0 Å². The number of H-pyrrole nitrogens is 1. The van der Waals surface area contributed by atoms with Gasteiger partial charge in [0.15, 0.2) is 5.82 Å². The highest BCUT2D eigenvalue weighted by atomic mass is 35.5. The third-order valence-electron chi connectivity index (χ3n) is 6.18. The molecule has 4 aromatic rings. The van der Waals surface area contributed by atoms with Gasteiger partial charge in [-0.3, -0.25) is 14.7 Å². The van der Waals surface area contributed by atoms with E-state index in [0.29, 0.717) is 16.5 Å². The van der Waals surface area contributed by atoms with Gasteiger partial charge in [0.2, 0.25) is 11.7 Å². The molecule has 3 aromatic heterocycles. The number of amides is 1. The molecule has 188 valence electrons. The minimum absolute atomic E-state index is 0.126. The molecule has 0 spiro atoms. The van der Waals surface area contributed by atoms with E-state index in [1.165, 1.54) is 17.6 Å². The number of nitrogens with zero attached hydrogens (tertiary/aromatic N) is 3. The number of ketones is 1. The largest absolute Gasteiger partial charge is 0.449 e. The minimum atomic E-state index is -5.03. The number of pyridine rings is 1. The average Bonchev–Trinajstić information content (AvgIpc) is 3.16. The standard InChI is InChI=1S/C23H17ClF5N5O2/c1-9(4-15(35)23(27,28)29)17-20(26)19(24)18(13-8-30-32-21(13)17)10-2-3-34-11(5-10)6-16(33-34)31-22(36)12-7-14(12)25/h2-3,5-6,8-9,12,14H,4,7H2,1H3,(H,30,32)(H,31,33,36)/t9?,12-,14+/m1/s1. The average molecular weight is 526 g/mol. The first-order valence-corrected chi connectivity index (χ1v) is 11.2. The second-order valence-electron chi connectivity index (χ2n) is 8.76. The molecule has 1 unspecified atom stereocenters. The Bertz CT molecular complexity index is 1530. The summed E-state index contributed by atoms with van der Waals surface area (Å²) in [4.78, 5) is 23.5. The summed E-state index contributed by atoms with van der Waals surface area (Å²) in [6.07, 6.45) is -4.05. The Morgan fingerprint density at radius 2 is 2.06 bits per heavy atom. The zero-order valence-corrected chi connectivity index (χ0v) is 19.2. The molecular weight excluding hydrogens is 509 g/mol. The Kier molecular flexibility index (Phi) is 5.73. The Morgan fingerprint density at radius 1 is 1.33 bits per heavy atom. The lowest BCUT2D eigenvalue weighted by molar-refractivity contribution is -0.171. The Hall–Kier alpha value is -3.54. The number of hydrogen-bond donors (Lipinski definition) is 2. The van der Waals surface area contributed by atoms with E-state index in [1.807, 2.05) is 0 Å². The number of anilines is 1. The number of carbonyl (C=O) groups is 2. The quantitative estimate of drug-likeness (QED) is 0.321. The molecule has 1 aliphatic rings. The SMILES string of the molecule is CC(CC(=O)C(F)(F)F)c1c(F)c(Cl)c(-c2ccn3nc(NC(=O)[C@@H]4C[C@@H]4F)cc3c2)c2cn[nH]c12. The summed E-state index contributed by atoms with van der Waals surface area (Å²) in [6, 6.07) is 4.77. The van der Waals surface area contributed by atoms with Gasteiger partial charge in [-0.05, 0) is 30.0 Å². The van der Waals surface area contributed by atoms with Crippen molar-refractivity contribution >= 4 is 45.5 Å². The van der Waals surface area contributed by atoms with E-state index in [9.17, 15) is 27.2 Å². The zero-order chi connectivity index (χ0) is 25.9. The lowest BCUT2D eigenvalue weighted by atomic mass is 9.90. The third-order valence-corrected chi connectivity index (χ3v) is 6.53. The topological polar surface area (TPSA) is 92.2 Å². The Labute approximate surface area is 204 Å². The van der Waals surface area contributed by atoms with E-state index in [-0.39, 0.29) is 33.9 Å². The van der Waals surface area contributed by atoms with E-state index in [1.54, 1.807) is 24.4 Å². The van der Waals surface area contributed by atoms with E-state index in [2.05, 4.69) is 20.6 Å². The van der Waals surface area contributed by atoms with Crippen molar-refractivity contribution < 1.29 is 31.5 Å².